The number of ether oxygens (including phenoxy) is 1. The van der Waals surface area contributed by atoms with Crippen LogP contribution in [-0.2, 0) is 9.53 Å². The Morgan fingerprint density at radius 3 is 2.75 bits per heavy atom. The van der Waals surface area contributed by atoms with Gasteiger partial charge in [-0.1, -0.05) is 11.8 Å². The van der Waals surface area contributed by atoms with Gasteiger partial charge in [0.05, 0.1) is 17.7 Å². The van der Waals surface area contributed by atoms with E-state index in [0.717, 1.165) is 0 Å². The molecule has 1 aromatic rings. The number of carbonyl (C=O) groups is 1. The molecule has 108 valence electrons. The van der Waals surface area contributed by atoms with E-state index in [1.54, 1.807) is 19.9 Å². The highest BCUT2D eigenvalue weighted by atomic mass is 19.1. The summed E-state index contributed by atoms with van der Waals surface area (Å²) in [6.45, 7) is 3.26. The quantitative estimate of drug-likeness (QED) is 0.828. The fraction of sp³-hybridized carbons (Fsp3) is 0.400. The van der Waals surface area contributed by atoms with Crippen LogP contribution in [0.1, 0.15) is 25.8 Å². The second-order valence-corrected chi connectivity index (χ2v) is 4.84. The van der Waals surface area contributed by atoms with Crippen LogP contribution in [0, 0.1) is 17.7 Å². The van der Waals surface area contributed by atoms with Gasteiger partial charge in [0.25, 0.3) is 0 Å². The van der Waals surface area contributed by atoms with Gasteiger partial charge in [-0.25, -0.2) is 4.39 Å². The number of methoxy groups -OCH3 is 1. The van der Waals surface area contributed by atoms with Crippen molar-refractivity contribution in [3.05, 3.63) is 29.6 Å². The molecule has 2 N–H and O–H groups in total. The summed E-state index contributed by atoms with van der Waals surface area (Å²) in [5, 5.41) is 11.1. The zero-order chi connectivity index (χ0) is 15.2. The number of anilines is 1. The van der Waals surface area contributed by atoms with Crippen LogP contribution in [0.4, 0.5) is 10.1 Å². The highest BCUT2D eigenvalue weighted by Gasteiger charge is 2.21. The molecule has 0 unspecified atom stereocenters. The lowest BCUT2D eigenvalue weighted by atomic mass is 10.0. The highest BCUT2D eigenvalue weighted by molar-refractivity contribution is 5.91. The lowest BCUT2D eigenvalue weighted by Crippen LogP contribution is -2.29. The predicted molar refractivity (Wildman–Crippen MR) is 74.7 cm³/mol. The van der Waals surface area contributed by atoms with Crippen LogP contribution in [-0.4, -0.2) is 30.3 Å². The first-order valence-electron chi connectivity index (χ1n) is 6.12. The van der Waals surface area contributed by atoms with Crippen molar-refractivity contribution in [1.29, 1.82) is 0 Å². The Morgan fingerprint density at radius 2 is 2.20 bits per heavy atom. The number of hydrogen-bond acceptors (Lipinski definition) is 3. The maximum absolute atomic E-state index is 13.8. The van der Waals surface area contributed by atoms with Gasteiger partial charge in [-0.15, -0.1) is 0 Å². The lowest BCUT2D eigenvalue weighted by Gasteiger charge is -2.22. The number of amides is 1. The standard InChI is InChI=1S/C15H18FNO3/c1-15(2,20-3)10-14(19)17-13-7-6-11(5-4-8-18)9-12(13)16/h6-7,9,18H,8,10H2,1-3H3,(H,17,19). The van der Waals surface area contributed by atoms with Crippen molar-refractivity contribution < 1.29 is 19.0 Å². The average Bonchev–Trinajstić information content (AvgIpc) is 2.38. The van der Waals surface area contributed by atoms with Gasteiger partial charge in [0, 0.05) is 12.7 Å². The van der Waals surface area contributed by atoms with E-state index in [-0.39, 0.29) is 24.6 Å². The van der Waals surface area contributed by atoms with E-state index in [9.17, 15) is 9.18 Å². The molecule has 4 nitrogen and oxygen atoms in total. The second kappa shape index (κ2) is 7.04. The zero-order valence-corrected chi connectivity index (χ0v) is 11.8. The molecule has 0 aromatic heterocycles. The number of aliphatic hydroxyl groups excluding tert-OH is 1. The monoisotopic (exact) mass is 279 g/mol. The van der Waals surface area contributed by atoms with E-state index >= 15 is 0 Å². The summed E-state index contributed by atoms with van der Waals surface area (Å²) >= 11 is 0. The van der Waals surface area contributed by atoms with Crippen LogP contribution in [0.15, 0.2) is 18.2 Å². The van der Waals surface area contributed by atoms with Gasteiger partial charge in [-0.3, -0.25) is 4.79 Å². The fourth-order valence-electron chi connectivity index (χ4n) is 1.49. The Morgan fingerprint density at radius 1 is 1.50 bits per heavy atom. The van der Waals surface area contributed by atoms with Gasteiger partial charge >= 0.3 is 0 Å². The molecule has 5 heteroatoms. The topological polar surface area (TPSA) is 58.6 Å². The third-order valence-electron chi connectivity index (χ3n) is 2.69. The van der Waals surface area contributed by atoms with Crippen molar-refractivity contribution >= 4 is 11.6 Å². The van der Waals surface area contributed by atoms with E-state index in [2.05, 4.69) is 17.2 Å². The number of nitrogens with one attached hydrogen (secondary N) is 1. The lowest BCUT2D eigenvalue weighted by molar-refractivity contribution is -0.121. The van der Waals surface area contributed by atoms with E-state index in [1.165, 1.54) is 19.2 Å². The average molecular weight is 279 g/mol. The van der Waals surface area contributed by atoms with E-state index in [4.69, 9.17) is 9.84 Å². The molecule has 20 heavy (non-hydrogen) atoms. The predicted octanol–water partition coefficient (Wildman–Crippen LogP) is 1.92. The maximum atomic E-state index is 13.8. The molecule has 0 spiro atoms. The number of rotatable bonds is 4. The molecular weight excluding hydrogens is 261 g/mol. The van der Waals surface area contributed by atoms with Gasteiger partial charge in [0.15, 0.2) is 0 Å². The number of hydrogen-bond donors (Lipinski definition) is 2. The maximum Gasteiger partial charge on any atom is 0.227 e. The summed E-state index contributed by atoms with van der Waals surface area (Å²) in [4.78, 5) is 11.8. The third kappa shape index (κ3) is 5.00. The Kier molecular flexibility index (Phi) is 5.68. The molecule has 0 aliphatic heterocycles. The molecule has 1 rings (SSSR count). The van der Waals surface area contributed by atoms with Crippen molar-refractivity contribution in [2.45, 2.75) is 25.9 Å². The minimum absolute atomic E-state index is 0.0939. The molecule has 0 radical (unpaired) electrons. The normalized spacial score (nSPS) is 10.7. The van der Waals surface area contributed by atoms with Gasteiger partial charge < -0.3 is 15.2 Å². The van der Waals surface area contributed by atoms with Crippen LogP contribution in [0.3, 0.4) is 0 Å². The van der Waals surface area contributed by atoms with Gasteiger partial charge in [-0.05, 0) is 32.0 Å². The first-order valence-corrected chi connectivity index (χ1v) is 6.12. The Bertz CT molecular complexity index is 544. The van der Waals surface area contributed by atoms with Gasteiger partial charge in [0.2, 0.25) is 5.91 Å². The molecular formula is C15H18FNO3. The molecule has 0 heterocycles. The first-order chi connectivity index (χ1) is 9.38. The summed E-state index contributed by atoms with van der Waals surface area (Å²) in [5.74, 6) is 4.12. The number of carbonyl (C=O) groups excluding carboxylic acids is 1. The van der Waals surface area contributed by atoms with Crippen LogP contribution >= 0.6 is 0 Å². The molecule has 0 bridgehead atoms. The second-order valence-electron chi connectivity index (χ2n) is 4.84. The smallest absolute Gasteiger partial charge is 0.227 e. The van der Waals surface area contributed by atoms with Crippen LogP contribution in [0.5, 0.6) is 0 Å². The summed E-state index contributed by atoms with van der Waals surface area (Å²) in [5.41, 5.74) is -0.0733. The third-order valence-corrected chi connectivity index (χ3v) is 2.69. The zero-order valence-electron chi connectivity index (χ0n) is 11.8. The molecule has 1 amide bonds. The minimum atomic E-state index is -0.604. The SMILES string of the molecule is COC(C)(C)CC(=O)Nc1ccc(C#CCO)cc1F. The van der Waals surface area contributed by atoms with Crippen LogP contribution in [0.2, 0.25) is 0 Å². The van der Waals surface area contributed by atoms with Crippen molar-refractivity contribution in [2.24, 2.45) is 0 Å². The summed E-state index contributed by atoms with van der Waals surface area (Å²) in [6.07, 6.45) is 0.120. The molecule has 0 aliphatic rings. The summed E-state index contributed by atoms with van der Waals surface area (Å²) < 4.78 is 18.9. The Balaban J connectivity index is 2.76. The summed E-state index contributed by atoms with van der Waals surface area (Å²) in [6, 6.07) is 4.22. The van der Waals surface area contributed by atoms with Crippen molar-refractivity contribution in [3.63, 3.8) is 0 Å². The van der Waals surface area contributed by atoms with Crippen molar-refractivity contribution in [1.82, 2.24) is 0 Å². The Labute approximate surface area is 117 Å². The van der Waals surface area contributed by atoms with E-state index < -0.39 is 11.4 Å². The molecule has 0 aliphatic carbocycles. The number of halogens is 1. The molecule has 0 saturated heterocycles. The van der Waals surface area contributed by atoms with Crippen LogP contribution < -0.4 is 5.32 Å². The molecule has 0 fully saturated rings. The van der Waals surface area contributed by atoms with Crippen LogP contribution in [0.25, 0.3) is 0 Å². The van der Waals surface area contributed by atoms with Gasteiger partial charge in [0.1, 0.15) is 12.4 Å². The molecule has 0 atom stereocenters. The largest absolute Gasteiger partial charge is 0.384 e. The van der Waals surface area contributed by atoms with Crippen molar-refractivity contribution in [2.75, 3.05) is 19.0 Å². The molecule has 1 aromatic carbocycles. The summed E-state index contributed by atoms with van der Waals surface area (Å²) in [7, 11) is 1.52. The highest BCUT2D eigenvalue weighted by Crippen LogP contribution is 2.18. The van der Waals surface area contributed by atoms with Crippen molar-refractivity contribution in [3.8, 4) is 11.8 Å². The Hall–Kier alpha value is -1.90. The number of aliphatic hydroxyl groups is 1. The number of benzene rings is 1. The first kappa shape index (κ1) is 16.2. The molecule has 0 saturated carbocycles. The van der Waals surface area contributed by atoms with Gasteiger partial charge in [-0.2, -0.15) is 0 Å². The minimum Gasteiger partial charge on any atom is -0.384 e. The van der Waals surface area contributed by atoms with E-state index in [1.807, 2.05) is 0 Å². The fourth-order valence-corrected chi connectivity index (χ4v) is 1.49. The van der Waals surface area contributed by atoms with E-state index in [0.29, 0.717) is 5.56 Å².